The third kappa shape index (κ3) is 2.89. The second-order valence-electron chi connectivity index (χ2n) is 7.47. The number of pyridine rings is 1. The van der Waals surface area contributed by atoms with Crippen LogP contribution >= 0.6 is 0 Å². The highest BCUT2D eigenvalue weighted by Gasteiger charge is 2.37. The summed E-state index contributed by atoms with van der Waals surface area (Å²) >= 11 is 0. The van der Waals surface area contributed by atoms with Gasteiger partial charge in [0.15, 0.2) is 5.78 Å². The van der Waals surface area contributed by atoms with E-state index in [4.69, 9.17) is 4.74 Å². The summed E-state index contributed by atoms with van der Waals surface area (Å²) in [5.41, 5.74) is 5.17. The van der Waals surface area contributed by atoms with Crippen LogP contribution in [-0.2, 0) is 4.79 Å². The van der Waals surface area contributed by atoms with E-state index in [1.54, 1.807) is 19.2 Å². The van der Waals surface area contributed by atoms with Crippen LogP contribution in [0.4, 0.5) is 0 Å². The Bertz CT molecular complexity index is 1270. The lowest BCUT2D eigenvalue weighted by atomic mass is 9.95. The van der Waals surface area contributed by atoms with Crippen molar-refractivity contribution in [1.29, 1.82) is 0 Å². The zero-order chi connectivity index (χ0) is 20.7. The molecule has 0 amide bonds. The minimum atomic E-state index is -0.394. The third-order valence-electron chi connectivity index (χ3n) is 5.77. The predicted octanol–water partition coefficient (Wildman–Crippen LogP) is 5.64. The zero-order valence-electron chi connectivity index (χ0n) is 16.6. The normalized spacial score (nSPS) is 16.4. The van der Waals surface area contributed by atoms with E-state index in [9.17, 15) is 9.90 Å². The fourth-order valence-corrected chi connectivity index (χ4v) is 4.34. The van der Waals surface area contributed by atoms with Crippen molar-refractivity contribution in [1.82, 2.24) is 4.40 Å². The number of carbonyl (C=O) groups excluding carboxylic acids is 1. The average Bonchev–Trinajstić information content (AvgIpc) is 3.31. The Kier molecular flexibility index (Phi) is 4.40. The summed E-state index contributed by atoms with van der Waals surface area (Å²) in [5.74, 6) is 0.401. The quantitative estimate of drug-likeness (QED) is 0.486. The number of aliphatic hydroxyl groups excluding tert-OH is 1. The molecule has 1 aliphatic carbocycles. The monoisotopic (exact) mass is 395 g/mol. The van der Waals surface area contributed by atoms with E-state index < -0.39 is 5.92 Å². The van der Waals surface area contributed by atoms with Crippen LogP contribution in [0.5, 0.6) is 5.75 Å². The lowest BCUT2D eigenvalue weighted by molar-refractivity contribution is -0.113. The minimum Gasteiger partial charge on any atom is -0.511 e. The number of methoxy groups -OCH3 is 1. The number of carbonyl (C=O) groups is 1. The molecule has 5 rings (SSSR count). The van der Waals surface area contributed by atoms with Gasteiger partial charge in [-0.3, -0.25) is 4.79 Å². The molecule has 30 heavy (non-hydrogen) atoms. The maximum atomic E-state index is 13.0. The molecule has 0 radical (unpaired) electrons. The molecule has 1 aliphatic rings. The Morgan fingerprint density at radius 3 is 2.40 bits per heavy atom. The number of hydrogen-bond acceptors (Lipinski definition) is 3. The Hall–Kier alpha value is -3.79. The van der Waals surface area contributed by atoms with Crippen molar-refractivity contribution in [3.63, 3.8) is 0 Å². The summed E-state index contributed by atoms with van der Waals surface area (Å²) in [6, 6.07) is 25.5. The van der Waals surface area contributed by atoms with Crippen LogP contribution in [0.25, 0.3) is 22.2 Å². The second kappa shape index (κ2) is 7.23. The molecule has 0 fully saturated rings. The topological polar surface area (TPSA) is 50.9 Å². The third-order valence-corrected chi connectivity index (χ3v) is 5.77. The molecule has 2 aromatic carbocycles. The molecule has 2 aromatic heterocycles. The number of rotatable bonds is 4. The molecule has 4 nitrogen and oxygen atoms in total. The SMILES string of the molecule is COc1ccc(C2=C(O)C(c3c(-c4ccccc4)cc4ccccn34)CC2=O)cc1. The van der Waals surface area contributed by atoms with Crippen molar-refractivity contribution in [2.24, 2.45) is 0 Å². The van der Waals surface area contributed by atoms with Gasteiger partial charge in [0.2, 0.25) is 0 Å². The fourth-order valence-electron chi connectivity index (χ4n) is 4.34. The standard InChI is InChI=1S/C26H21NO3/c1-30-20-12-10-18(11-13-20)24-23(28)16-22(26(24)29)25-21(17-7-3-2-4-8-17)15-19-9-5-6-14-27(19)25/h2-15,22,29H,16H2,1H3. The number of fused-ring (bicyclic) bond motifs is 1. The number of ether oxygens (including phenoxy) is 1. The summed E-state index contributed by atoms with van der Waals surface area (Å²) in [5, 5.41) is 11.2. The smallest absolute Gasteiger partial charge is 0.167 e. The first-order chi connectivity index (χ1) is 14.7. The Balaban J connectivity index is 1.69. The number of aliphatic hydroxyl groups is 1. The summed E-state index contributed by atoms with van der Waals surface area (Å²) < 4.78 is 7.29. The Labute approximate surface area is 174 Å². The fraction of sp³-hybridized carbons (Fsp3) is 0.115. The molecule has 0 spiro atoms. The van der Waals surface area contributed by atoms with Crippen molar-refractivity contribution in [2.75, 3.05) is 7.11 Å². The van der Waals surface area contributed by atoms with Gasteiger partial charge in [0.1, 0.15) is 11.5 Å². The summed E-state index contributed by atoms with van der Waals surface area (Å²) in [7, 11) is 1.60. The van der Waals surface area contributed by atoms with Crippen LogP contribution in [0.1, 0.15) is 23.6 Å². The van der Waals surface area contributed by atoms with Gasteiger partial charge in [0, 0.05) is 29.4 Å². The number of aromatic nitrogens is 1. The highest BCUT2D eigenvalue weighted by molar-refractivity contribution is 6.24. The van der Waals surface area contributed by atoms with Gasteiger partial charge in [0.05, 0.1) is 18.6 Å². The van der Waals surface area contributed by atoms with Crippen LogP contribution in [0.2, 0.25) is 0 Å². The average molecular weight is 395 g/mol. The molecule has 0 bridgehead atoms. The number of hydrogen-bond donors (Lipinski definition) is 1. The molecule has 0 saturated heterocycles. The minimum absolute atomic E-state index is 0.0486. The van der Waals surface area contributed by atoms with Crippen molar-refractivity contribution >= 4 is 16.9 Å². The van der Waals surface area contributed by atoms with Gasteiger partial charge in [-0.1, -0.05) is 48.5 Å². The van der Waals surface area contributed by atoms with E-state index in [-0.39, 0.29) is 18.0 Å². The Morgan fingerprint density at radius 1 is 0.933 bits per heavy atom. The van der Waals surface area contributed by atoms with Crippen molar-refractivity contribution in [3.8, 4) is 16.9 Å². The van der Waals surface area contributed by atoms with Gasteiger partial charge in [-0.15, -0.1) is 0 Å². The van der Waals surface area contributed by atoms with Crippen LogP contribution in [0.15, 0.2) is 90.8 Å². The van der Waals surface area contributed by atoms with E-state index in [1.807, 2.05) is 54.7 Å². The first-order valence-electron chi connectivity index (χ1n) is 9.93. The van der Waals surface area contributed by atoms with Gasteiger partial charge in [0.25, 0.3) is 0 Å². The van der Waals surface area contributed by atoms with Crippen LogP contribution in [0, 0.1) is 0 Å². The highest BCUT2D eigenvalue weighted by Crippen LogP contribution is 2.44. The highest BCUT2D eigenvalue weighted by atomic mass is 16.5. The maximum absolute atomic E-state index is 13.0. The number of allylic oxidation sites excluding steroid dienone is 2. The molecule has 148 valence electrons. The first kappa shape index (κ1) is 18.3. The van der Waals surface area contributed by atoms with Gasteiger partial charge in [-0.05, 0) is 41.5 Å². The molecule has 2 heterocycles. The van der Waals surface area contributed by atoms with E-state index in [0.29, 0.717) is 16.9 Å². The molecule has 4 heteroatoms. The van der Waals surface area contributed by atoms with Gasteiger partial charge < -0.3 is 14.2 Å². The largest absolute Gasteiger partial charge is 0.511 e. The molecular formula is C26H21NO3. The van der Waals surface area contributed by atoms with E-state index in [0.717, 1.165) is 22.3 Å². The van der Waals surface area contributed by atoms with Crippen molar-refractivity contribution in [2.45, 2.75) is 12.3 Å². The molecule has 0 saturated carbocycles. The van der Waals surface area contributed by atoms with Crippen molar-refractivity contribution in [3.05, 3.63) is 102 Å². The maximum Gasteiger partial charge on any atom is 0.167 e. The molecule has 1 unspecified atom stereocenters. The number of Topliss-reactive ketones (excluding diaryl/α,β-unsaturated/α-hetero) is 1. The van der Waals surface area contributed by atoms with Crippen LogP contribution in [0.3, 0.4) is 0 Å². The lowest BCUT2D eigenvalue weighted by Crippen LogP contribution is -2.05. The van der Waals surface area contributed by atoms with Crippen LogP contribution in [-0.4, -0.2) is 22.4 Å². The molecule has 4 aromatic rings. The molecule has 0 aliphatic heterocycles. The number of ketones is 1. The van der Waals surface area contributed by atoms with E-state index in [1.165, 1.54) is 0 Å². The Morgan fingerprint density at radius 2 is 1.67 bits per heavy atom. The first-order valence-corrected chi connectivity index (χ1v) is 9.93. The summed E-state index contributed by atoms with van der Waals surface area (Å²) in [4.78, 5) is 13.0. The molecule has 1 N–H and O–H groups in total. The molecular weight excluding hydrogens is 374 g/mol. The predicted molar refractivity (Wildman–Crippen MR) is 118 cm³/mol. The van der Waals surface area contributed by atoms with Gasteiger partial charge in [-0.25, -0.2) is 0 Å². The van der Waals surface area contributed by atoms with E-state index >= 15 is 0 Å². The van der Waals surface area contributed by atoms with Gasteiger partial charge >= 0.3 is 0 Å². The number of nitrogens with zero attached hydrogens (tertiary/aromatic N) is 1. The number of benzene rings is 2. The molecule has 1 atom stereocenters. The summed E-state index contributed by atoms with van der Waals surface area (Å²) in [6.45, 7) is 0. The second-order valence-corrected chi connectivity index (χ2v) is 7.47. The summed E-state index contributed by atoms with van der Waals surface area (Å²) in [6.07, 6.45) is 2.23. The van der Waals surface area contributed by atoms with Crippen molar-refractivity contribution < 1.29 is 14.6 Å². The van der Waals surface area contributed by atoms with Crippen LogP contribution < -0.4 is 4.74 Å². The zero-order valence-corrected chi connectivity index (χ0v) is 16.6. The lowest BCUT2D eigenvalue weighted by Gasteiger charge is -2.14. The van der Waals surface area contributed by atoms with E-state index in [2.05, 4.69) is 22.6 Å². The van der Waals surface area contributed by atoms with Gasteiger partial charge in [-0.2, -0.15) is 0 Å².